The van der Waals surface area contributed by atoms with E-state index in [-0.39, 0.29) is 29.8 Å². The van der Waals surface area contributed by atoms with Gasteiger partial charge in [-0.1, -0.05) is 6.07 Å². The van der Waals surface area contributed by atoms with Crippen LogP contribution in [-0.4, -0.2) is 27.0 Å². The molecule has 0 bridgehead atoms. The number of aliphatic imine (C=N–C) groups is 1. The first-order valence-corrected chi connectivity index (χ1v) is 10.0. The minimum atomic E-state index is -0.291. The molecule has 0 unspecified atom stereocenters. The van der Waals surface area contributed by atoms with Crippen LogP contribution in [0.2, 0.25) is 0 Å². The van der Waals surface area contributed by atoms with Crippen molar-refractivity contribution < 1.29 is 4.39 Å². The third-order valence-corrected chi connectivity index (χ3v) is 5.41. The Morgan fingerprint density at radius 1 is 1.24 bits per heavy atom. The molecule has 2 N–H and O–H groups in total. The van der Waals surface area contributed by atoms with Crippen molar-refractivity contribution in [3.8, 4) is 5.69 Å². The van der Waals surface area contributed by atoms with Gasteiger partial charge in [0, 0.05) is 23.8 Å². The van der Waals surface area contributed by atoms with Crippen LogP contribution in [0.5, 0.6) is 0 Å². The number of rotatable bonds is 6. The van der Waals surface area contributed by atoms with Crippen LogP contribution in [0, 0.1) is 26.6 Å². The Morgan fingerprint density at radius 2 is 2.03 bits per heavy atom. The normalized spacial score (nSPS) is 11.3. The molecule has 0 fully saturated rings. The van der Waals surface area contributed by atoms with Gasteiger partial charge in [0.25, 0.3) is 0 Å². The summed E-state index contributed by atoms with van der Waals surface area (Å²) in [6, 6.07) is 5.17. The fraction of sp³-hybridized carbons (Fsp3) is 0.350. The van der Waals surface area contributed by atoms with E-state index < -0.39 is 0 Å². The molecule has 0 saturated carbocycles. The zero-order valence-corrected chi connectivity index (χ0v) is 20.1. The summed E-state index contributed by atoms with van der Waals surface area (Å²) >= 11 is 1.68. The predicted molar refractivity (Wildman–Crippen MR) is 127 cm³/mol. The molecule has 0 atom stereocenters. The molecule has 2 aromatic heterocycles. The zero-order valence-electron chi connectivity index (χ0n) is 17.0. The Kier molecular flexibility index (Phi) is 8.57. The lowest BCUT2D eigenvalue weighted by atomic mass is 10.2. The summed E-state index contributed by atoms with van der Waals surface area (Å²) < 4.78 is 16.3. The highest BCUT2D eigenvalue weighted by Gasteiger charge is 2.08. The number of halogens is 2. The maximum absolute atomic E-state index is 14.5. The van der Waals surface area contributed by atoms with E-state index in [1.807, 2.05) is 26.8 Å². The van der Waals surface area contributed by atoms with E-state index in [4.69, 9.17) is 0 Å². The van der Waals surface area contributed by atoms with Crippen molar-refractivity contribution >= 4 is 41.3 Å². The highest BCUT2D eigenvalue weighted by molar-refractivity contribution is 14.0. The fourth-order valence-corrected chi connectivity index (χ4v) is 3.64. The Labute approximate surface area is 191 Å². The number of benzene rings is 1. The number of aryl methyl sites for hydroxylation is 3. The lowest BCUT2D eigenvalue weighted by Crippen LogP contribution is -2.36. The van der Waals surface area contributed by atoms with Gasteiger partial charge in [-0.15, -0.1) is 35.3 Å². The molecule has 1 aromatic carbocycles. The number of guanidine groups is 1. The van der Waals surface area contributed by atoms with Crippen LogP contribution in [0.4, 0.5) is 4.39 Å². The largest absolute Gasteiger partial charge is 0.357 e. The SMILES string of the molecule is CCNC(=NCc1ccc(-n2ccnc2C)c(F)c1)NCc1nc(C)c(C)s1.I. The van der Waals surface area contributed by atoms with Gasteiger partial charge in [-0.3, -0.25) is 0 Å². The van der Waals surface area contributed by atoms with Gasteiger partial charge in [-0.05, 0) is 45.4 Å². The Morgan fingerprint density at radius 3 is 2.62 bits per heavy atom. The average molecular weight is 528 g/mol. The molecular formula is C20H26FIN6S. The van der Waals surface area contributed by atoms with E-state index in [2.05, 4.69) is 32.5 Å². The van der Waals surface area contributed by atoms with E-state index in [9.17, 15) is 4.39 Å². The molecule has 156 valence electrons. The number of aromatic nitrogens is 3. The van der Waals surface area contributed by atoms with E-state index in [0.717, 1.165) is 28.6 Å². The van der Waals surface area contributed by atoms with Crippen LogP contribution in [0.3, 0.4) is 0 Å². The molecule has 0 saturated heterocycles. The molecule has 0 radical (unpaired) electrons. The van der Waals surface area contributed by atoms with Crippen LogP contribution in [0.15, 0.2) is 35.6 Å². The minimum absolute atomic E-state index is 0. The molecule has 29 heavy (non-hydrogen) atoms. The number of imidazole rings is 1. The maximum atomic E-state index is 14.5. The highest BCUT2D eigenvalue weighted by Crippen LogP contribution is 2.18. The number of hydrogen-bond donors (Lipinski definition) is 2. The molecule has 0 spiro atoms. The van der Waals surface area contributed by atoms with Crippen molar-refractivity contribution in [3.05, 3.63) is 63.4 Å². The summed E-state index contributed by atoms with van der Waals surface area (Å²) in [5, 5.41) is 7.51. The summed E-state index contributed by atoms with van der Waals surface area (Å²) in [7, 11) is 0. The molecular weight excluding hydrogens is 502 g/mol. The van der Waals surface area contributed by atoms with Gasteiger partial charge in [0.1, 0.15) is 16.6 Å². The first kappa shape index (κ1) is 23.3. The summed E-state index contributed by atoms with van der Waals surface area (Å²) in [5.74, 6) is 1.14. The van der Waals surface area contributed by atoms with Gasteiger partial charge in [-0.2, -0.15) is 0 Å². The number of nitrogens with zero attached hydrogens (tertiary/aromatic N) is 4. The number of hydrogen-bond acceptors (Lipinski definition) is 4. The van der Waals surface area contributed by atoms with E-state index in [1.54, 1.807) is 34.4 Å². The lowest BCUT2D eigenvalue weighted by molar-refractivity contribution is 0.614. The van der Waals surface area contributed by atoms with E-state index in [0.29, 0.717) is 24.7 Å². The van der Waals surface area contributed by atoms with E-state index in [1.165, 1.54) is 10.9 Å². The van der Waals surface area contributed by atoms with E-state index >= 15 is 0 Å². The van der Waals surface area contributed by atoms with Gasteiger partial charge in [-0.25, -0.2) is 19.4 Å². The second kappa shape index (κ2) is 10.7. The molecule has 3 rings (SSSR count). The van der Waals surface area contributed by atoms with Gasteiger partial charge in [0.05, 0.1) is 24.5 Å². The Bertz CT molecular complexity index is 962. The van der Waals surface area contributed by atoms with Gasteiger partial charge in [0.15, 0.2) is 5.96 Å². The van der Waals surface area contributed by atoms with Crippen LogP contribution in [0.25, 0.3) is 5.69 Å². The molecule has 0 aliphatic heterocycles. The molecule has 0 aliphatic carbocycles. The first-order valence-electron chi connectivity index (χ1n) is 9.21. The Hall–Kier alpha value is -2.01. The Balaban J connectivity index is 0.00000300. The number of nitrogens with one attached hydrogen (secondary N) is 2. The van der Waals surface area contributed by atoms with Crippen molar-refractivity contribution in [3.63, 3.8) is 0 Å². The van der Waals surface area contributed by atoms with Gasteiger partial charge in [0.2, 0.25) is 0 Å². The second-order valence-corrected chi connectivity index (χ2v) is 7.72. The van der Waals surface area contributed by atoms with Crippen molar-refractivity contribution in [1.29, 1.82) is 0 Å². The number of thiazole rings is 1. The molecule has 0 aliphatic rings. The molecule has 2 heterocycles. The third kappa shape index (κ3) is 5.99. The predicted octanol–water partition coefficient (Wildman–Crippen LogP) is 4.27. The summed E-state index contributed by atoms with van der Waals surface area (Å²) in [6.07, 6.45) is 3.41. The standard InChI is InChI=1S/C20H25FN6S.HI/c1-5-22-20(25-12-19-26-13(2)14(3)28-19)24-11-16-6-7-18(17(21)10-16)27-9-8-23-15(27)4;/h6-10H,5,11-12H2,1-4H3,(H2,22,24,25);1H. The maximum Gasteiger partial charge on any atom is 0.191 e. The van der Waals surface area contributed by atoms with Gasteiger partial charge >= 0.3 is 0 Å². The first-order chi connectivity index (χ1) is 13.5. The van der Waals surface area contributed by atoms with Crippen molar-refractivity contribution in [2.24, 2.45) is 4.99 Å². The van der Waals surface area contributed by atoms with Crippen LogP contribution in [0.1, 0.15) is 33.9 Å². The topological polar surface area (TPSA) is 67.1 Å². The summed E-state index contributed by atoms with van der Waals surface area (Å²) in [5.41, 5.74) is 2.35. The minimum Gasteiger partial charge on any atom is -0.357 e. The fourth-order valence-electron chi connectivity index (χ4n) is 2.76. The van der Waals surface area contributed by atoms with Crippen molar-refractivity contribution in [2.45, 2.75) is 40.8 Å². The second-order valence-electron chi connectivity index (χ2n) is 6.43. The van der Waals surface area contributed by atoms with Crippen LogP contribution in [-0.2, 0) is 13.1 Å². The van der Waals surface area contributed by atoms with Gasteiger partial charge < -0.3 is 15.2 Å². The molecule has 6 nitrogen and oxygen atoms in total. The lowest BCUT2D eigenvalue weighted by Gasteiger charge is -2.11. The molecule has 9 heteroatoms. The summed E-state index contributed by atoms with van der Waals surface area (Å²) in [4.78, 5) is 14.5. The zero-order chi connectivity index (χ0) is 20.1. The third-order valence-electron chi connectivity index (χ3n) is 4.34. The molecule has 3 aromatic rings. The monoisotopic (exact) mass is 528 g/mol. The van der Waals surface area contributed by atoms with Crippen molar-refractivity contribution in [1.82, 2.24) is 25.2 Å². The average Bonchev–Trinajstić information content (AvgIpc) is 3.23. The summed E-state index contributed by atoms with van der Waals surface area (Å²) in [6.45, 7) is 9.67. The highest BCUT2D eigenvalue weighted by atomic mass is 127. The molecule has 0 amide bonds. The smallest absolute Gasteiger partial charge is 0.191 e. The quantitative estimate of drug-likeness (QED) is 0.285. The van der Waals surface area contributed by atoms with Crippen LogP contribution < -0.4 is 10.6 Å². The van der Waals surface area contributed by atoms with Crippen LogP contribution >= 0.6 is 35.3 Å². The van der Waals surface area contributed by atoms with Crippen molar-refractivity contribution in [2.75, 3.05) is 6.54 Å².